The van der Waals surface area contributed by atoms with Crippen LogP contribution in [0.2, 0.25) is 0 Å². The number of aliphatic hydroxyl groups excluding tert-OH is 2. The van der Waals surface area contributed by atoms with Gasteiger partial charge in [0.1, 0.15) is 23.4 Å². The summed E-state index contributed by atoms with van der Waals surface area (Å²) in [7, 11) is -7.20. The van der Waals surface area contributed by atoms with Crippen molar-refractivity contribution in [1.29, 1.82) is 0 Å². The van der Waals surface area contributed by atoms with Crippen molar-refractivity contribution < 1.29 is 36.5 Å². The van der Waals surface area contributed by atoms with Gasteiger partial charge in [-0.25, -0.2) is 16.8 Å². The number of rotatable bonds is 10. The lowest BCUT2D eigenvalue weighted by Gasteiger charge is -2.38. The molecular weight excluding hydrogens is 594 g/mol. The molecule has 1 aromatic heterocycles. The fourth-order valence-electron chi connectivity index (χ4n) is 6.08. The molecule has 0 radical (unpaired) electrons. The Morgan fingerprint density at radius 3 is 2.58 bits per heavy atom. The van der Waals surface area contributed by atoms with Crippen LogP contribution in [-0.2, 0) is 24.6 Å². The molecule has 3 N–H and O–H groups in total. The van der Waals surface area contributed by atoms with E-state index in [4.69, 9.17) is 9.47 Å². The number of benzene rings is 2. The molecule has 13 heteroatoms. The first-order valence-electron chi connectivity index (χ1n) is 14.6. The van der Waals surface area contributed by atoms with E-state index in [0.717, 1.165) is 10.9 Å². The fraction of sp³-hybridized carbons (Fsp3) is 0.500. The number of hydrogen-bond donors (Lipinski definition) is 3. The number of piperidine rings is 1. The summed E-state index contributed by atoms with van der Waals surface area (Å²) in [5.41, 5.74) is 0.342. The molecule has 0 amide bonds. The minimum Gasteiger partial charge on any atom is -0.491 e. The van der Waals surface area contributed by atoms with Crippen LogP contribution in [0.5, 0.6) is 5.75 Å². The number of sulfonamides is 1. The highest BCUT2D eigenvalue weighted by molar-refractivity contribution is 7.92. The minimum absolute atomic E-state index is 0.00814. The van der Waals surface area contributed by atoms with Gasteiger partial charge in [-0.15, -0.1) is 0 Å². The maximum atomic E-state index is 13.3. The zero-order chi connectivity index (χ0) is 30.2. The average Bonchev–Trinajstić information content (AvgIpc) is 3.39. The smallest absolute Gasteiger partial charge is 0.244 e. The van der Waals surface area contributed by atoms with Gasteiger partial charge in [-0.1, -0.05) is 24.3 Å². The van der Waals surface area contributed by atoms with E-state index in [1.165, 1.54) is 22.6 Å². The second-order valence-electron chi connectivity index (χ2n) is 11.8. The molecule has 3 heterocycles. The Morgan fingerprint density at radius 1 is 1.05 bits per heavy atom. The summed E-state index contributed by atoms with van der Waals surface area (Å²) < 4.78 is 65.5. The first-order valence-corrected chi connectivity index (χ1v) is 17.6. The van der Waals surface area contributed by atoms with Crippen molar-refractivity contribution in [1.82, 2.24) is 14.6 Å². The van der Waals surface area contributed by atoms with Crippen molar-refractivity contribution in [3.8, 4) is 5.75 Å². The van der Waals surface area contributed by atoms with Crippen LogP contribution in [0.3, 0.4) is 0 Å². The molecule has 0 bridgehead atoms. The Hall–Kier alpha value is -2.65. The van der Waals surface area contributed by atoms with Crippen LogP contribution in [-0.4, -0.2) is 98.3 Å². The van der Waals surface area contributed by atoms with Gasteiger partial charge in [0.25, 0.3) is 0 Å². The number of aliphatic hydroxyl groups is 2. The molecule has 2 atom stereocenters. The number of ether oxygens (including phenoxy) is 2. The molecule has 2 aliphatic heterocycles. The van der Waals surface area contributed by atoms with Crippen LogP contribution in [0.25, 0.3) is 10.9 Å². The molecule has 1 aliphatic carbocycles. The molecule has 1 saturated carbocycles. The Morgan fingerprint density at radius 2 is 1.81 bits per heavy atom. The number of nitrogens with one attached hydrogen (secondary N) is 1. The van der Waals surface area contributed by atoms with Gasteiger partial charge >= 0.3 is 0 Å². The van der Waals surface area contributed by atoms with Gasteiger partial charge in [-0.3, -0.25) is 4.98 Å². The van der Waals surface area contributed by atoms with E-state index in [2.05, 4.69) is 10.3 Å². The summed E-state index contributed by atoms with van der Waals surface area (Å²) in [5, 5.41) is 23.5. The van der Waals surface area contributed by atoms with Crippen molar-refractivity contribution >= 4 is 30.8 Å². The standard InChI is InChI=1S/C30H37N3O8S2/c34-23-13-27(14-23)42(36,37)26-6-3-5-25(15-26)40-20-24(35)17-31-22-16-30(41-19-22)8-10-33(11-9-30)43(38,39)28-12-21-4-1-2-7-29(21)32-18-28/h1-7,12,15,18,22-24,27,31,34-35H,8-11,13-14,16-17,19-20H2/t22-,23?,24+,27?/m1/s1. The normalized spacial score (nSPS) is 25.0. The van der Waals surface area contributed by atoms with Crippen LogP contribution in [0.1, 0.15) is 32.1 Å². The van der Waals surface area contributed by atoms with Crippen LogP contribution in [0.15, 0.2) is 70.6 Å². The van der Waals surface area contributed by atoms with E-state index in [0.29, 0.717) is 44.7 Å². The highest BCUT2D eigenvalue weighted by atomic mass is 32.2. The molecule has 0 unspecified atom stereocenters. The summed E-state index contributed by atoms with van der Waals surface area (Å²) in [5.74, 6) is 0.351. The first-order chi connectivity index (χ1) is 20.5. The van der Waals surface area contributed by atoms with Gasteiger partial charge in [-0.2, -0.15) is 4.31 Å². The van der Waals surface area contributed by atoms with Gasteiger partial charge in [0.2, 0.25) is 10.0 Å². The molecule has 11 nitrogen and oxygen atoms in total. The molecule has 3 aromatic rings. The van der Waals surface area contributed by atoms with E-state index < -0.39 is 42.9 Å². The van der Waals surface area contributed by atoms with Crippen molar-refractivity contribution in [3.05, 3.63) is 60.8 Å². The molecule has 2 saturated heterocycles. The van der Waals surface area contributed by atoms with E-state index in [-0.39, 0.29) is 41.8 Å². The Kier molecular flexibility index (Phi) is 8.50. The summed E-state index contributed by atoms with van der Waals surface area (Å²) >= 11 is 0. The quantitative estimate of drug-likeness (QED) is 0.302. The highest BCUT2D eigenvalue weighted by Crippen LogP contribution is 2.37. The third kappa shape index (κ3) is 6.44. The summed E-state index contributed by atoms with van der Waals surface area (Å²) in [4.78, 5) is 4.66. The van der Waals surface area contributed by atoms with Crippen molar-refractivity contribution in [3.63, 3.8) is 0 Å². The van der Waals surface area contributed by atoms with Gasteiger partial charge < -0.3 is 25.0 Å². The lowest BCUT2D eigenvalue weighted by Crippen LogP contribution is -2.47. The van der Waals surface area contributed by atoms with Crippen LogP contribution >= 0.6 is 0 Å². The minimum atomic E-state index is -3.67. The Bertz CT molecular complexity index is 1670. The summed E-state index contributed by atoms with van der Waals surface area (Å²) in [6.07, 6.45) is 2.37. The number of sulfone groups is 1. The van der Waals surface area contributed by atoms with Gasteiger partial charge in [0.15, 0.2) is 9.84 Å². The van der Waals surface area contributed by atoms with E-state index in [1.54, 1.807) is 18.2 Å². The van der Waals surface area contributed by atoms with E-state index >= 15 is 0 Å². The number of nitrogens with zero attached hydrogens (tertiary/aromatic N) is 2. The molecular formula is C30H37N3O8S2. The summed E-state index contributed by atoms with van der Waals surface area (Å²) in [6, 6.07) is 15.3. The second kappa shape index (κ2) is 12.0. The molecule has 2 aromatic carbocycles. The second-order valence-corrected chi connectivity index (χ2v) is 16.0. The Balaban J connectivity index is 0.963. The van der Waals surface area contributed by atoms with Gasteiger partial charge in [-0.05, 0) is 62.4 Å². The molecule has 6 rings (SSSR count). The van der Waals surface area contributed by atoms with Crippen LogP contribution < -0.4 is 10.1 Å². The highest BCUT2D eigenvalue weighted by Gasteiger charge is 2.45. The molecule has 43 heavy (non-hydrogen) atoms. The zero-order valence-corrected chi connectivity index (χ0v) is 25.3. The number of pyridine rings is 1. The molecule has 3 fully saturated rings. The van der Waals surface area contributed by atoms with Gasteiger partial charge in [0.05, 0.1) is 34.0 Å². The maximum Gasteiger partial charge on any atom is 0.244 e. The molecule has 1 spiro atoms. The monoisotopic (exact) mass is 631 g/mol. The topological polar surface area (TPSA) is 155 Å². The SMILES string of the molecule is O=S(=O)(c1cccc(OC[C@@H](O)CN[C@H]2COC3(CCN(S(=O)(=O)c4cnc5ccccc5c4)CC3)C2)c1)C1CC(O)C1. The van der Waals surface area contributed by atoms with Crippen LogP contribution in [0.4, 0.5) is 0 Å². The third-order valence-electron chi connectivity index (χ3n) is 8.77. The predicted molar refractivity (Wildman–Crippen MR) is 159 cm³/mol. The van der Waals surface area contributed by atoms with E-state index in [9.17, 15) is 27.0 Å². The Labute approximate surface area is 251 Å². The van der Waals surface area contributed by atoms with Crippen LogP contribution in [0, 0.1) is 0 Å². The number of para-hydroxylation sites is 1. The largest absolute Gasteiger partial charge is 0.491 e. The van der Waals surface area contributed by atoms with Crippen molar-refractivity contribution in [2.24, 2.45) is 0 Å². The third-order valence-corrected chi connectivity index (χ3v) is 12.8. The summed E-state index contributed by atoms with van der Waals surface area (Å²) in [6.45, 7) is 1.42. The first kappa shape index (κ1) is 30.4. The average molecular weight is 632 g/mol. The van der Waals surface area contributed by atoms with Crippen molar-refractivity contribution in [2.45, 2.75) is 71.0 Å². The lowest BCUT2D eigenvalue weighted by molar-refractivity contribution is -0.0312. The number of fused-ring (bicyclic) bond motifs is 1. The number of aromatic nitrogens is 1. The predicted octanol–water partition coefficient (Wildman–Crippen LogP) is 1.87. The molecule has 3 aliphatic rings. The van der Waals surface area contributed by atoms with Gasteiger partial charge in [0, 0.05) is 37.3 Å². The number of hydrogen-bond acceptors (Lipinski definition) is 10. The van der Waals surface area contributed by atoms with E-state index in [1.807, 2.05) is 24.3 Å². The fourth-order valence-corrected chi connectivity index (χ4v) is 9.39. The lowest BCUT2D eigenvalue weighted by atomic mass is 9.88. The molecule has 232 valence electrons. The van der Waals surface area contributed by atoms with Crippen molar-refractivity contribution in [2.75, 3.05) is 32.8 Å². The zero-order valence-electron chi connectivity index (χ0n) is 23.7. The maximum absolute atomic E-state index is 13.3.